The number of hydrogen-bond donors (Lipinski definition) is 0. The largest absolute Gasteiger partial charge is 0.497 e. The molecule has 3 heterocycles. The van der Waals surface area contributed by atoms with Gasteiger partial charge in [-0.3, -0.25) is 4.79 Å². The van der Waals surface area contributed by atoms with Crippen molar-refractivity contribution in [3.05, 3.63) is 64.4 Å². The van der Waals surface area contributed by atoms with Crippen LogP contribution in [0.4, 0.5) is 0 Å². The number of methoxy groups -OCH3 is 1. The van der Waals surface area contributed by atoms with Gasteiger partial charge < -0.3 is 28.3 Å². The Hall–Kier alpha value is -3.87. The van der Waals surface area contributed by atoms with E-state index in [4.69, 9.17) is 23.7 Å². The molecule has 0 radical (unpaired) electrons. The maximum absolute atomic E-state index is 13.5. The summed E-state index contributed by atoms with van der Waals surface area (Å²) in [7, 11) is 1.63. The van der Waals surface area contributed by atoms with Gasteiger partial charge in [-0.05, 0) is 35.9 Å². The third kappa shape index (κ3) is 2.48. The van der Waals surface area contributed by atoms with Gasteiger partial charge >= 0.3 is 0 Å². The Kier molecular flexibility index (Phi) is 3.59. The highest BCUT2D eigenvalue weighted by atomic mass is 16.7. The lowest BCUT2D eigenvalue weighted by Crippen LogP contribution is -2.21. The fourth-order valence-corrected chi connectivity index (χ4v) is 4.04. The molecule has 0 N–H and O–H groups in total. The van der Waals surface area contributed by atoms with Crippen LogP contribution in [0.3, 0.4) is 0 Å². The van der Waals surface area contributed by atoms with Crippen molar-refractivity contribution in [1.82, 2.24) is 4.57 Å². The van der Waals surface area contributed by atoms with Crippen LogP contribution in [0.25, 0.3) is 21.7 Å². The number of aromatic nitrogens is 1. The van der Waals surface area contributed by atoms with Crippen LogP contribution in [0.2, 0.25) is 0 Å². The first-order valence-corrected chi connectivity index (χ1v) is 9.54. The summed E-state index contributed by atoms with van der Waals surface area (Å²) >= 11 is 0. The molecule has 7 nitrogen and oxygen atoms in total. The van der Waals surface area contributed by atoms with E-state index < -0.39 is 0 Å². The van der Waals surface area contributed by atoms with Gasteiger partial charge in [-0.25, -0.2) is 0 Å². The van der Waals surface area contributed by atoms with Gasteiger partial charge in [0.1, 0.15) is 5.75 Å². The quantitative estimate of drug-likeness (QED) is 0.486. The van der Waals surface area contributed by atoms with E-state index >= 15 is 0 Å². The molecule has 2 aliphatic heterocycles. The second kappa shape index (κ2) is 6.32. The van der Waals surface area contributed by atoms with Gasteiger partial charge in [0, 0.05) is 16.8 Å². The summed E-state index contributed by atoms with van der Waals surface area (Å²) in [4.78, 5) is 13.5. The lowest BCUT2D eigenvalue weighted by atomic mass is 10.0. The van der Waals surface area contributed by atoms with Crippen LogP contribution in [0.5, 0.6) is 28.7 Å². The maximum atomic E-state index is 13.5. The van der Waals surface area contributed by atoms with Crippen molar-refractivity contribution in [2.75, 3.05) is 20.7 Å². The van der Waals surface area contributed by atoms with E-state index in [9.17, 15) is 4.79 Å². The molecule has 0 saturated carbocycles. The zero-order chi connectivity index (χ0) is 20.2. The summed E-state index contributed by atoms with van der Waals surface area (Å²) in [5.41, 5.74) is 1.65. The molecule has 0 atom stereocenters. The first-order chi connectivity index (χ1) is 14.7. The van der Waals surface area contributed by atoms with E-state index in [-0.39, 0.29) is 19.1 Å². The Morgan fingerprint density at radius 3 is 2.00 bits per heavy atom. The molecule has 3 aromatic carbocycles. The third-order valence-electron chi connectivity index (χ3n) is 5.56. The minimum Gasteiger partial charge on any atom is -0.497 e. The molecule has 0 spiro atoms. The van der Waals surface area contributed by atoms with Crippen molar-refractivity contribution in [2.45, 2.75) is 6.54 Å². The Bertz CT molecular complexity index is 1370. The van der Waals surface area contributed by atoms with Crippen molar-refractivity contribution < 1.29 is 23.7 Å². The summed E-state index contributed by atoms with van der Waals surface area (Å²) in [6.07, 6.45) is 0. The highest BCUT2D eigenvalue weighted by Crippen LogP contribution is 2.41. The van der Waals surface area contributed by atoms with Crippen LogP contribution in [-0.2, 0) is 6.54 Å². The summed E-state index contributed by atoms with van der Waals surface area (Å²) in [5.74, 6) is 3.27. The SMILES string of the molecule is COc1ccc(Cn2c(=O)c3cc4c(cc3c3cc5c(cc32)OCO5)OCO4)cc1. The molecule has 2 aliphatic rings. The van der Waals surface area contributed by atoms with Crippen LogP contribution in [0, 0.1) is 0 Å². The van der Waals surface area contributed by atoms with Crippen molar-refractivity contribution in [3.63, 3.8) is 0 Å². The first-order valence-electron chi connectivity index (χ1n) is 9.54. The Labute approximate surface area is 170 Å². The van der Waals surface area contributed by atoms with Gasteiger partial charge in [-0.15, -0.1) is 0 Å². The summed E-state index contributed by atoms with van der Waals surface area (Å²) in [6, 6.07) is 15.1. The van der Waals surface area contributed by atoms with Gasteiger partial charge in [-0.2, -0.15) is 0 Å². The minimum absolute atomic E-state index is 0.106. The smallest absolute Gasteiger partial charge is 0.259 e. The molecular formula is C23H17NO6. The van der Waals surface area contributed by atoms with E-state index in [2.05, 4.69) is 0 Å². The van der Waals surface area contributed by atoms with Crippen LogP contribution >= 0.6 is 0 Å². The minimum atomic E-state index is -0.106. The number of fused-ring (bicyclic) bond motifs is 5. The average Bonchev–Trinajstić information content (AvgIpc) is 3.43. The molecule has 0 saturated heterocycles. The molecule has 1 aromatic heterocycles. The average molecular weight is 403 g/mol. The van der Waals surface area contributed by atoms with Gasteiger partial charge in [0.25, 0.3) is 5.56 Å². The summed E-state index contributed by atoms with van der Waals surface area (Å²) in [5, 5.41) is 2.25. The molecule has 0 fully saturated rings. The predicted octanol–water partition coefficient (Wildman–Crippen LogP) is 3.67. The number of nitrogens with zero attached hydrogens (tertiary/aromatic N) is 1. The molecule has 30 heavy (non-hydrogen) atoms. The second-order valence-electron chi connectivity index (χ2n) is 7.21. The zero-order valence-corrected chi connectivity index (χ0v) is 16.1. The monoisotopic (exact) mass is 403 g/mol. The van der Waals surface area contributed by atoms with E-state index in [0.717, 1.165) is 27.6 Å². The van der Waals surface area contributed by atoms with Crippen LogP contribution < -0.4 is 29.2 Å². The van der Waals surface area contributed by atoms with Crippen molar-refractivity contribution in [1.29, 1.82) is 0 Å². The zero-order valence-electron chi connectivity index (χ0n) is 16.1. The Balaban J connectivity index is 1.64. The van der Waals surface area contributed by atoms with E-state index in [1.54, 1.807) is 17.7 Å². The Morgan fingerprint density at radius 1 is 0.800 bits per heavy atom. The van der Waals surface area contributed by atoms with Gasteiger partial charge in [0.2, 0.25) is 13.6 Å². The molecule has 0 aliphatic carbocycles. The van der Waals surface area contributed by atoms with Crippen LogP contribution in [0.1, 0.15) is 5.56 Å². The van der Waals surface area contributed by atoms with E-state index in [1.807, 2.05) is 42.5 Å². The second-order valence-corrected chi connectivity index (χ2v) is 7.21. The summed E-state index contributed by atoms with van der Waals surface area (Å²) in [6.45, 7) is 0.720. The van der Waals surface area contributed by atoms with E-state index in [0.29, 0.717) is 34.9 Å². The van der Waals surface area contributed by atoms with Crippen LogP contribution in [-0.4, -0.2) is 25.3 Å². The number of ether oxygens (including phenoxy) is 5. The lowest BCUT2D eigenvalue weighted by Gasteiger charge is -2.15. The number of rotatable bonds is 3. The Morgan fingerprint density at radius 2 is 1.37 bits per heavy atom. The third-order valence-corrected chi connectivity index (χ3v) is 5.56. The molecule has 0 bridgehead atoms. The van der Waals surface area contributed by atoms with E-state index in [1.165, 1.54) is 0 Å². The van der Waals surface area contributed by atoms with Gasteiger partial charge in [-0.1, -0.05) is 12.1 Å². The highest BCUT2D eigenvalue weighted by molar-refractivity contribution is 6.08. The summed E-state index contributed by atoms with van der Waals surface area (Å²) < 4.78 is 29.2. The fraction of sp³-hybridized carbons (Fsp3) is 0.174. The number of hydrogen-bond acceptors (Lipinski definition) is 6. The van der Waals surface area contributed by atoms with Crippen LogP contribution in [0.15, 0.2) is 53.3 Å². The highest BCUT2D eigenvalue weighted by Gasteiger charge is 2.22. The lowest BCUT2D eigenvalue weighted by molar-refractivity contribution is 0.173. The van der Waals surface area contributed by atoms with Gasteiger partial charge in [0.05, 0.1) is 24.6 Å². The topological polar surface area (TPSA) is 68.2 Å². The number of pyridine rings is 1. The molecule has 4 aromatic rings. The number of benzene rings is 3. The molecule has 0 unspecified atom stereocenters. The van der Waals surface area contributed by atoms with Crippen molar-refractivity contribution in [3.8, 4) is 28.7 Å². The molecule has 6 rings (SSSR count). The molecule has 150 valence electrons. The fourth-order valence-electron chi connectivity index (χ4n) is 4.04. The van der Waals surface area contributed by atoms with Gasteiger partial charge in [0.15, 0.2) is 23.0 Å². The standard InChI is InChI=1S/C23H17NO6/c1-26-14-4-2-13(3-5-14)10-24-18-9-22-20(28-12-30-22)7-16(18)15-6-19-21(29-11-27-19)8-17(15)23(24)25/h2-9H,10-12H2,1H3. The molecule has 0 amide bonds. The molecule has 7 heteroatoms. The first kappa shape index (κ1) is 17.0. The maximum Gasteiger partial charge on any atom is 0.259 e. The van der Waals surface area contributed by atoms with Crippen molar-refractivity contribution in [2.24, 2.45) is 0 Å². The normalized spacial score (nSPS) is 13.9. The molecular weight excluding hydrogens is 386 g/mol. The van der Waals surface area contributed by atoms with Crippen molar-refractivity contribution >= 4 is 21.7 Å². The predicted molar refractivity (Wildman–Crippen MR) is 110 cm³/mol.